The minimum Gasteiger partial charge on any atom is -0.378 e. The van der Waals surface area contributed by atoms with E-state index in [0.29, 0.717) is 30.0 Å². The van der Waals surface area contributed by atoms with E-state index >= 15 is 0 Å². The first kappa shape index (κ1) is 19.2. The van der Waals surface area contributed by atoms with Crippen molar-refractivity contribution in [2.45, 2.75) is 39.2 Å². The molecule has 1 aromatic carbocycles. The van der Waals surface area contributed by atoms with E-state index in [1.54, 1.807) is 6.07 Å². The Kier molecular flexibility index (Phi) is 7.46. The Bertz CT molecular complexity index is 546. The van der Waals surface area contributed by atoms with Gasteiger partial charge in [0.2, 0.25) is 5.91 Å². The summed E-state index contributed by atoms with van der Waals surface area (Å²) >= 11 is 5.70. The molecule has 0 unspecified atom stereocenters. The van der Waals surface area contributed by atoms with Crippen LogP contribution >= 0.6 is 11.6 Å². The van der Waals surface area contributed by atoms with Crippen LogP contribution in [0.3, 0.4) is 0 Å². The third kappa shape index (κ3) is 6.38. The number of hydrogen-bond donors (Lipinski definition) is 1. The van der Waals surface area contributed by atoms with Crippen molar-refractivity contribution >= 4 is 23.2 Å². The van der Waals surface area contributed by atoms with E-state index in [1.165, 1.54) is 12.1 Å². The maximum atomic E-state index is 13.7. The molecule has 0 atom stereocenters. The van der Waals surface area contributed by atoms with Gasteiger partial charge in [-0.15, -0.1) is 0 Å². The molecule has 1 heterocycles. The predicted octanol–water partition coefficient (Wildman–Crippen LogP) is 3.94. The van der Waals surface area contributed by atoms with Gasteiger partial charge in [0.25, 0.3) is 0 Å². The summed E-state index contributed by atoms with van der Waals surface area (Å²) in [7, 11) is 0. The van der Waals surface area contributed by atoms with E-state index in [2.05, 4.69) is 24.1 Å². The SMILES string of the molecule is CC(C)COC1CCN(CCC(=O)Nc2ccc(Cl)cc2F)CC1. The van der Waals surface area contributed by atoms with E-state index in [-0.39, 0.29) is 11.6 Å². The number of rotatable bonds is 7. The Morgan fingerprint density at radius 1 is 1.42 bits per heavy atom. The van der Waals surface area contributed by atoms with Crippen molar-refractivity contribution in [2.24, 2.45) is 5.92 Å². The van der Waals surface area contributed by atoms with Gasteiger partial charge in [0.15, 0.2) is 0 Å². The third-order valence-corrected chi connectivity index (χ3v) is 4.30. The van der Waals surface area contributed by atoms with Crippen LogP contribution in [0.5, 0.6) is 0 Å². The van der Waals surface area contributed by atoms with Gasteiger partial charge in [0.05, 0.1) is 11.8 Å². The number of amides is 1. The summed E-state index contributed by atoms with van der Waals surface area (Å²) in [6, 6.07) is 4.23. The fourth-order valence-corrected chi connectivity index (χ4v) is 2.85. The van der Waals surface area contributed by atoms with Crippen molar-refractivity contribution in [2.75, 3.05) is 31.6 Å². The van der Waals surface area contributed by atoms with Gasteiger partial charge in [-0.2, -0.15) is 0 Å². The molecule has 0 radical (unpaired) electrons. The van der Waals surface area contributed by atoms with E-state index in [4.69, 9.17) is 16.3 Å². The summed E-state index contributed by atoms with van der Waals surface area (Å²) < 4.78 is 19.5. The van der Waals surface area contributed by atoms with Gasteiger partial charge >= 0.3 is 0 Å². The summed E-state index contributed by atoms with van der Waals surface area (Å²) in [6.07, 6.45) is 2.68. The summed E-state index contributed by atoms with van der Waals surface area (Å²) in [6.45, 7) is 7.66. The molecule has 1 saturated heterocycles. The molecule has 0 saturated carbocycles. The Morgan fingerprint density at radius 2 is 2.12 bits per heavy atom. The average Bonchev–Trinajstić information content (AvgIpc) is 2.54. The molecule has 0 spiro atoms. The maximum absolute atomic E-state index is 13.7. The molecule has 0 aliphatic carbocycles. The van der Waals surface area contributed by atoms with Crippen LogP contribution in [0, 0.1) is 11.7 Å². The molecule has 1 amide bonds. The molecule has 1 aromatic rings. The molecule has 24 heavy (non-hydrogen) atoms. The first-order valence-corrected chi connectivity index (χ1v) is 8.90. The van der Waals surface area contributed by atoms with Crippen molar-refractivity contribution in [3.05, 3.63) is 29.0 Å². The zero-order valence-corrected chi connectivity index (χ0v) is 15.1. The Hall–Kier alpha value is -1.17. The molecule has 1 aliphatic heterocycles. The first-order chi connectivity index (χ1) is 11.4. The van der Waals surface area contributed by atoms with Crippen LogP contribution in [0.15, 0.2) is 18.2 Å². The van der Waals surface area contributed by atoms with Gasteiger partial charge in [0.1, 0.15) is 5.82 Å². The number of halogens is 2. The molecule has 0 bridgehead atoms. The second-order valence-electron chi connectivity index (χ2n) is 6.69. The minimum atomic E-state index is -0.515. The van der Waals surface area contributed by atoms with Crippen LogP contribution in [0.25, 0.3) is 0 Å². The quantitative estimate of drug-likeness (QED) is 0.804. The van der Waals surface area contributed by atoms with Gasteiger partial charge in [-0.1, -0.05) is 25.4 Å². The van der Waals surface area contributed by atoms with Gasteiger partial charge in [-0.3, -0.25) is 4.79 Å². The number of carbonyl (C=O) groups excluding carboxylic acids is 1. The van der Waals surface area contributed by atoms with Crippen LogP contribution in [0.2, 0.25) is 5.02 Å². The highest BCUT2D eigenvalue weighted by atomic mass is 35.5. The lowest BCUT2D eigenvalue weighted by Crippen LogP contribution is -2.38. The number of carbonyl (C=O) groups is 1. The van der Waals surface area contributed by atoms with Crippen molar-refractivity contribution in [3.8, 4) is 0 Å². The van der Waals surface area contributed by atoms with Crippen molar-refractivity contribution < 1.29 is 13.9 Å². The summed E-state index contributed by atoms with van der Waals surface area (Å²) in [5.74, 6) is -0.145. The molecule has 1 aliphatic rings. The van der Waals surface area contributed by atoms with Crippen LogP contribution in [-0.4, -0.2) is 43.2 Å². The molecule has 2 rings (SSSR count). The monoisotopic (exact) mass is 356 g/mol. The standard InChI is InChI=1S/C18H26ClFN2O2/c1-13(2)12-24-15-5-8-22(9-6-15)10-7-18(23)21-17-4-3-14(19)11-16(17)20/h3-4,11,13,15H,5-10,12H2,1-2H3,(H,21,23). The third-order valence-electron chi connectivity index (χ3n) is 4.06. The Morgan fingerprint density at radius 3 is 2.75 bits per heavy atom. The van der Waals surface area contributed by atoms with E-state index in [9.17, 15) is 9.18 Å². The fourth-order valence-electron chi connectivity index (χ4n) is 2.69. The van der Waals surface area contributed by atoms with Crippen molar-refractivity contribution in [1.82, 2.24) is 4.90 Å². The molecular formula is C18H26ClFN2O2. The molecule has 134 valence electrons. The average molecular weight is 357 g/mol. The van der Waals surface area contributed by atoms with Crippen molar-refractivity contribution in [1.29, 1.82) is 0 Å². The molecular weight excluding hydrogens is 331 g/mol. The fraction of sp³-hybridized carbons (Fsp3) is 0.611. The highest BCUT2D eigenvalue weighted by Gasteiger charge is 2.20. The van der Waals surface area contributed by atoms with Gasteiger partial charge < -0.3 is 15.0 Å². The number of likely N-dealkylation sites (tertiary alicyclic amines) is 1. The van der Waals surface area contributed by atoms with Gasteiger partial charge in [-0.25, -0.2) is 4.39 Å². The smallest absolute Gasteiger partial charge is 0.225 e. The highest BCUT2D eigenvalue weighted by molar-refractivity contribution is 6.30. The lowest BCUT2D eigenvalue weighted by molar-refractivity contribution is -0.116. The lowest BCUT2D eigenvalue weighted by Gasteiger charge is -2.32. The van der Waals surface area contributed by atoms with E-state index < -0.39 is 5.82 Å². The summed E-state index contributed by atoms with van der Waals surface area (Å²) in [5.41, 5.74) is 0.171. The Balaban J connectivity index is 1.67. The molecule has 6 heteroatoms. The number of anilines is 1. The van der Waals surface area contributed by atoms with Crippen LogP contribution in [0.4, 0.5) is 10.1 Å². The molecule has 4 nitrogen and oxygen atoms in total. The summed E-state index contributed by atoms with van der Waals surface area (Å²) in [4.78, 5) is 14.2. The lowest BCUT2D eigenvalue weighted by atomic mass is 10.1. The number of benzene rings is 1. The second kappa shape index (κ2) is 9.35. The Labute approximate surface area is 148 Å². The van der Waals surface area contributed by atoms with Crippen molar-refractivity contribution in [3.63, 3.8) is 0 Å². The maximum Gasteiger partial charge on any atom is 0.225 e. The zero-order valence-electron chi connectivity index (χ0n) is 14.4. The zero-order chi connectivity index (χ0) is 17.5. The predicted molar refractivity (Wildman–Crippen MR) is 94.9 cm³/mol. The highest BCUT2D eigenvalue weighted by Crippen LogP contribution is 2.19. The topological polar surface area (TPSA) is 41.6 Å². The molecule has 1 N–H and O–H groups in total. The van der Waals surface area contributed by atoms with Crippen LogP contribution in [-0.2, 0) is 9.53 Å². The van der Waals surface area contributed by atoms with E-state index in [0.717, 1.165) is 32.5 Å². The number of hydrogen-bond acceptors (Lipinski definition) is 3. The molecule has 1 fully saturated rings. The van der Waals surface area contributed by atoms with Crippen LogP contribution in [0.1, 0.15) is 33.1 Å². The number of piperidine rings is 1. The number of nitrogens with one attached hydrogen (secondary N) is 1. The first-order valence-electron chi connectivity index (χ1n) is 8.53. The molecule has 0 aromatic heterocycles. The summed E-state index contributed by atoms with van der Waals surface area (Å²) in [5, 5.41) is 2.91. The van der Waals surface area contributed by atoms with Gasteiger partial charge in [0, 0.05) is 37.7 Å². The number of nitrogens with zero attached hydrogens (tertiary/aromatic N) is 1. The normalized spacial score (nSPS) is 16.5. The second-order valence-corrected chi connectivity index (χ2v) is 7.13. The van der Waals surface area contributed by atoms with Gasteiger partial charge in [-0.05, 0) is 37.0 Å². The minimum absolute atomic E-state index is 0.171. The van der Waals surface area contributed by atoms with E-state index in [1.807, 2.05) is 0 Å². The number of ether oxygens (including phenoxy) is 1. The largest absolute Gasteiger partial charge is 0.378 e. The van der Waals surface area contributed by atoms with Crippen LogP contribution < -0.4 is 5.32 Å².